The van der Waals surface area contributed by atoms with Gasteiger partial charge in [0.25, 0.3) is 0 Å². The van der Waals surface area contributed by atoms with Crippen molar-refractivity contribution in [2.75, 3.05) is 0 Å². The molecular weight excluding hydrogens is 350 g/mol. The van der Waals surface area contributed by atoms with Crippen LogP contribution < -0.4 is 11.1 Å². The molecule has 0 aliphatic heterocycles. The fourth-order valence-electron chi connectivity index (χ4n) is 1.37. The highest BCUT2D eigenvalue weighted by Gasteiger charge is 2.11. The van der Waals surface area contributed by atoms with E-state index in [4.69, 9.17) is 5.11 Å². The molecule has 20 heavy (non-hydrogen) atoms. The van der Waals surface area contributed by atoms with Crippen molar-refractivity contribution in [2.24, 2.45) is 7.05 Å². The molecule has 0 fully saturated rings. The molecule has 9 heteroatoms. The lowest BCUT2D eigenvalue weighted by Crippen LogP contribution is -2.33. The lowest BCUT2D eigenvalue weighted by molar-refractivity contribution is 0.0696. The Morgan fingerprint density at radius 2 is 2.15 bits per heavy atom. The van der Waals surface area contributed by atoms with Crippen molar-refractivity contribution < 1.29 is 9.90 Å². The Labute approximate surface area is 124 Å². The molecule has 0 saturated carbocycles. The van der Waals surface area contributed by atoms with Gasteiger partial charge < -0.3 is 5.11 Å². The van der Waals surface area contributed by atoms with Crippen LogP contribution in [-0.4, -0.2) is 25.8 Å². The van der Waals surface area contributed by atoms with Gasteiger partial charge in [-0.05, 0) is 45.9 Å². The maximum Gasteiger partial charge on any atom is 0.339 e. The van der Waals surface area contributed by atoms with Crippen LogP contribution in [0.4, 0.5) is 0 Å². The second-order valence-corrected chi connectivity index (χ2v) is 5.62. The fraction of sp³-hybridized carbons (Fsp3) is 0.0909. The lowest BCUT2D eigenvalue weighted by atomic mass is 10.2. The Balaban J connectivity index is 2.40. The summed E-state index contributed by atoms with van der Waals surface area (Å²) in [4.78, 5) is 37.5. The van der Waals surface area contributed by atoms with E-state index in [9.17, 15) is 14.4 Å². The number of nitrogens with zero attached hydrogens (tertiary/aromatic N) is 2. The smallest absolute Gasteiger partial charge is 0.339 e. The summed E-state index contributed by atoms with van der Waals surface area (Å²) in [5.74, 6) is -1.03. The molecule has 0 atom stereocenters. The summed E-state index contributed by atoms with van der Waals surface area (Å²) in [5, 5.41) is 11.5. The molecule has 0 aliphatic rings. The van der Waals surface area contributed by atoms with Crippen LogP contribution in [0.2, 0.25) is 0 Å². The van der Waals surface area contributed by atoms with Crippen LogP contribution in [0.15, 0.2) is 42.3 Å². The van der Waals surface area contributed by atoms with E-state index in [1.165, 1.54) is 16.8 Å². The van der Waals surface area contributed by atoms with Crippen molar-refractivity contribution >= 4 is 33.7 Å². The zero-order chi connectivity index (χ0) is 14.9. The minimum Gasteiger partial charge on any atom is -0.478 e. The Kier molecular flexibility index (Phi) is 4.09. The average Bonchev–Trinajstić information content (AvgIpc) is 2.37. The third kappa shape index (κ3) is 2.99. The number of benzene rings is 1. The summed E-state index contributed by atoms with van der Waals surface area (Å²) in [6.07, 6.45) is 0. The van der Waals surface area contributed by atoms with Gasteiger partial charge in [-0.3, -0.25) is 19.4 Å². The molecule has 1 aromatic carbocycles. The van der Waals surface area contributed by atoms with Gasteiger partial charge in [0.05, 0.1) is 5.56 Å². The van der Waals surface area contributed by atoms with Crippen LogP contribution in [0.3, 0.4) is 0 Å². The SMILES string of the molecule is Cn1[nH]c(=O)c(=O)nc1Sc1ccc(C(=O)O)cc1Br. The number of carbonyl (C=O) groups is 1. The summed E-state index contributed by atoms with van der Waals surface area (Å²) in [5.41, 5.74) is -1.52. The molecule has 0 unspecified atom stereocenters. The Morgan fingerprint density at radius 1 is 1.45 bits per heavy atom. The van der Waals surface area contributed by atoms with Crippen molar-refractivity contribution in [2.45, 2.75) is 10.1 Å². The monoisotopic (exact) mass is 357 g/mol. The predicted octanol–water partition coefficient (Wildman–Crippen LogP) is 1.08. The van der Waals surface area contributed by atoms with Gasteiger partial charge in [0.1, 0.15) is 0 Å². The maximum atomic E-state index is 11.2. The normalized spacial score (nSPS) is 10.5. The largest absolute Gasteiger partial charge is 0.478 e. The Morgan fingerprint density at radius 3 is 2.75 bits per heavy atom. The van der Waals surface area contributed by atoms with E-state index in [-0.39, 0.29) is 5.56 Å². The summed E-state index contributed by atoms with van der Waals surface area (Å²) in [6.45, 7) is 0. The van der Waals surface area contributed by atoms with Crippen molar-refractivity contribution in [1.29, 1.82) is 0 Å². The van der Waals surface area contributed by atoms with Gasteiger partial charge in [-0.25, -0.2) is 4.79 Å². The van der Waals surface area contributed by atoms with Gasteiger partial charge in [0, 0.05) is 16.4 Å². The van der Waals surface area contributed by atoms with Gasteiger partial charge in [-0.2, -0.15) is 4.98 Å². The van der Waals surface area contributed by atoms with E-state index >= 15 is 0 Å². The van der Waals surface area contributed by atoms with Crippen molar-refractivity contribution in [3.63, 3.8) is 0 Å². The number of aromatic nitrogens is 3. The van der Waals surface area contributed by atoms with Crippen LogP contribution in [0.5, 0.6) is 0 Å². The van der Waals surface area contributed by atoms with E-state index in [1.807, 2.05) is 0 Å². The number of rotatable bonds is 3. The van der Waals surface area contributed by atoms with Crippen LogP contribution >= 0.6 is 27.7 Å². The third-order valence-corrected chi connectivity index (χ3v) is 4.37. The van der Waals surface area contributed by atoms with Crippen molar-refractivity contribution in [3.8, 4) is 0 Å². The first-order valence-electron chi connectivity index (χ1n) is 5.26. The molecule has 0 spiro atoms. The molecule has 0 saturated heterocycles. The van der Waals surface area contributed by atoms with Crippen LogP contribution in [0, 0.1) is 0 Å². The second-order valence-electron chi connectivity index (χ2n) is 3.75. The summed E-state index contributed by atoms with van der Waals surface area (Å²) in [7, 11) is 1.55. The topological polar surface area (TPSA) is 105 Å². The number of H-pyrrole nitrogens is 1. The number of halogens is 1. The van der Waals surface area contributed by atoms with E-state index < -0.39 is 17.1 Å². The highest BCUT2D eigenvalue weighted by molar-refractivity contribution is 9.10. The molecule has 0 aliphatic carbocycles. The van der Waals surface area contributed by atoms with Crippen molar-refractivity contribution in [1.82, 2.24) is 14.8 Å². The summed E-state index contributed by atoms with van der Waals surface area (Å²) < 4.78 is 1.88. The van der Waals surface area contributed by atoms with Crippen LogP contribution in [-0.2, 0) is 7.05 Å². The van der Waals surface area contributed by atoms with E-state index in [0.717, 1.165) is 11.8 Å². The first kappa shape index (κ1) is 14.5. The molecule has 1 aromatic heterocycles. The van der Waals surface area contributed by atoms with Crippen LogP contribution in [0.1, 0.15) is 10.4 Å². The minimum absolute atomic E-state index is 0.143. The molecule has 2 rings (SSSR count). The average molecular weight is 358 g/mol. The van der Waals surface area contributed by atoms with Crippen LogP contribution in [0.25, 0.3) is 0 Å². The van der Waals surface area contributed by atoms with E-state index in [1.54, 1.807) is 13.1 Å². The lowest BCUT2D eigenvalue weighted by Gasteiger charge is -2.07. The molecule has 7 nitrogen and oxygen atoms in total. The van der Waals surface area contributed by atoms with Gasteiger partial charge in [0.15, 0.2) is 5.16 Å². The molecular formula is C11H8BrN3O4S. The standard InChI is InChI=1S/C11H8BrN3O4S/c1-15-11(13-8(16)9(17)14-15)20-7-3-2-5(10(18)19)4-6(7)12/h2-4H,1H3,(H,14,17)(H,18,19). The number of carboxylic acid groups (broad SMARTS) is 1. The number of aromatic carboxylic acids is 1. The molecule has 104 valence electrons. The Bertz CT molecular complexity index is 799. The first-order valence-corrected chi connectivity index (χ1v) is 6.87. The molecule has 2 N–H and O–H groups in total. The molecule has 0 radical (unpaired) electrons. The maximum absolute atomic E-state index is 11.2. The molecule has 1 heterocycles. The highest BCUT2D eigenvalue weighted by atomic mass is 79.9. The second kappa shape index (κ2) is 5.63. The predicted molar refractivity (Wildman–Crippen MR) is 75.3 cm³/mol. The zero-order valence-electron chi connectivity index (χ0n) is 10.1. The van der Waals surface area contributed by atoms with Gasteiger partial charge in [-0.15, -0.1) is 0 Å². The number of aryl methyl sites for hydroxylation is 1. The first-order chi connectivity index (χ1) is 9.38. The zero-order valence-corrected chi connectivity index (χ0v) is 12.5. The number of hydrogen-bond acceptors (Lipinski definition) is 5. The van der Waals surface area contributed by atoms with Gasteiger partial charge in [-0.1, -0.05) is 0 Å². The molecule has 2 aromatic rings. The van der Waals surface area contributed by atoms with E-state index in [2.05, 4.69) is 26.0 Å². The molecule has 0 bridgehead atoms. The third-order valence-electron chi connectivity index (χ3n) is 2.33. The van der Waals surface area contributed by atoms with Crippen molar-refractivity contribution in [3.05, 3.63) is 48.9 Å². The highest BCUT2D eigenvalue weighted by Crippen LogP contribution is 2.32. The minimum atomic E-state index is -1.03. The summed E-state index contributed by atoms with van der Waals surface area (Å²) in [6, 6.07) is 4.49. The van der Waals surface area contributed by atoms with E-state index in [0.29, 0.717) is 14.5 Å². The Hall–Kier alpha value is -1.87. The molecule has 0 amide bonds. The van der Waals surface area contributed by atoms with Gasteiger partial charge in [0.2, 0.25) is 0 Å². The number of nitrogens with one attached hydrogen (secondary N) is 1. The number of hydrogen-bond donors (Lipinski definition) is 2. The number of carboxylic acids is 1. The fourth-order valence-corrected chi connectivity index (χ4v) is 2.79. The summed E-state index contributed by atoms with van der Waals surface area (Å²) >= 11 is 4.39. The number of aromatic amines is 1. The quantitative estimate of drug-likeness (QED) is 0.796. The van der Waals surface area contributed by atoms with Gasteiger partial charge >= 0.3 is 17.1 Å².